The molecule has 0 saturated carbocycles. The molecule has 1 aliphatic rings. The maximum absolute atomic E-state index is 12.2. The third-order valence-corrected chi connectivity index (χ3v) is 3.95. The van der Waals surface area contributed by atoms with Crippen molar-refractivity contribution in [2.45, 2.75) is 38.6 Å². The number of nitrogens with one attached hydrogen (secondary N) is 2. The molecule has 2 amide bonds. The summed E-state index contributed by atoms with van der Waals surface area (Å²) in [5.74, 6) is -0.0714. The molecule has 0 spiro atoms. The van der Waals surface area contributed by atoms with Gasteiger partial charge in [0.05, 0.1) is 6.04 Å². The van der Waals surface area contributed by atoms with E-state index in [0.29, 0.717) is 19.5 Å². The van der Waals surface area contributed by atoms with Crippen molar-refractivity contribution >= 4 is 17.6 Å². The molecule has 1 unspecified atom stereocenters. The lowest BCUT2D eigenvalue weighted by molar-refractivity contribution is -0.125. The Balaban J connectivity index is 2.22. The summed E-state index contributed by atoms with van der Waals surface area (Å²) in [6.45, 7) is 4.97. The normalized spacial score (nSPS) is 18.2. The van der Waals surface area contributed by atoms with Gasteiger partial charge in [0.2, 0.25) is 11.8 Å². The Morgan fingerprint density at radius 2 is 1.83 bits per heavy atom. The van der Waals surface area contributed by atoms with Crippen molar-refractivity contribution in [2.24, 2.45) is 0 Å². The first-order valence-electron chi connectivity index (χ1n) is 8.32. The highest BCUT2D eigenvalue weighted by Gasteiger charge is 2.30. The Labute approximate surface area is 138 Å². The van der Waals surface area contributed by atoms with Gasteiger partial charge in [-0.1, -0.05) is 0 Å². The number of likely N-dealkylation sites (N-methyl/N-ethyl adjacent to an activating group) is 1. The number of carbonyl (C=O) groups excluding carboxylic acids is 3. The Morgan fingerprint density at radius 3 is 2.48 bits per heavy atom. The fourth-order valence-corrected chi connectivity index (χ4v) is 2.60. The summed E-state index contributed by atoms with van der Waals surface area (Å²) >= 11 is 0. The molecule has 1 atom stereocenters. The molecule has 0 radical (unpaired) electrons. The van der Waals surface area contributed by atoms with Gasteiger partial charge < -0.3 is 15.5 Å². The highest BCUT2D eigenvalue weighted by molar-refractivity contribution is 5.83. The third-order valence-electron chi connectivity index (χ3n) is 3.95. The Bertz CT molecular complexity index is 412. The maximum atomic E-state index is 12.2. The van der Waals surface area contributed by atoms with E-state index >= 15 is 0 Å². The number of hydrogen-bond donors (Lipinski definition) is 2. The van der Waals surface area contributed by atoms with Crippen LogP contribution in [0.2, 0.25) is 0 Å². The van der Waals surface area contributed by atoms with E-state index in [1.807, 2.05) is 14.1 Å². The number of Topliss-reactive ketones (excluding diaryl/α,β-unsaturated/α-hetero) is 1. The summed E-state index contributed by atoms with van der Waals surface area (Å²) in [6, 6.07) is -0.0734. The van der Waals surface area contributed by atoms with E-state index in [9.17, 15) is 14.4 Å². The molecule has 23 heavy (non-hydrogen) atoms. The Morgan fingerprint density at radius 1 is 1.13 bits per heavy atom. The summed E-state index contributed by atoms with van der Waals surface area (Å²) in [7, 11) is 4.05. The molecule has 0 aromatic heterocycles. The largest absolute Gasteiger partial charge is 0.356 e. The third kappa shape index (κ3) is 8.08. The van der Waals surface area contributed by atoms with Crippen LogP contribution in [-0.2, 0) is 14.4 Å². The zero-order valence-corrected chi connectivity index (χ0v) is 14.6. The van der Waals surface area contributed by atoms with Crippen molar-refractivity contribution in [3.8, 4) is 0 Å². The maximum Gasteiger partial charge on any atom is 0.237 e. The summed E-state index contributed by atoms with van der Waals surface area (Å²) in [5, 5.41) is 5.52. The number of rotatable bonds is 10. The molecule has 0 aromatic carbocycles. The van der Waals surface area contributed by atoms with Gasteiger partial charge in [-0.3, -0.25) is 19.3 Å². The van der Waals surface area contributed by atoms with Crippen LogP contribution in [0.5, 0.6) is 0 Å². The lowest BCUT2D eigenvalue weighted by Crippen LogP contribution is -2.46. The van der Waals surface area contributed by atoms with Gasteiger partial charge in [-0.2, -0.15) is 0 Å². The monoisotopic (exact) mass is 335 g/mol. The summed E-state index contributed by atoms with van der Waals surface area (Å²) in [4.78, 5) is 38.9. The van der Waals surface area contributed by atoms with E-state index in [1.54, 1.807) is 0 Å². The van der Waals surface area contributed by atoms with Crippen LogP contribution in [0.1, 0.15) is 32.6 Å². The number of likely N-dealkylation sites (tertiary alicyclic amines) is 1. The fourth-order valence-electron chi connectivity index (χ4n) is 2.60. The van der Waals surface area contributed by atoms with Gasteiger partial charge in [-0.25, -0.2) is 0 Å². The average Bonchev–Trinajstić information content (AvgIpc) is 2.93. The molecule has 1 saturated heterocycles. The van der Waals surface area contributed by atoms with Crippen molar-refractivity contribution in [3.05, 3.63) is 0 Å². The number of hydrogen-bond acceptors (Lipinski definition) is 5. The van der Waals surface area contributed by atoms with E-state index < -0.39 is 0 Å². The molecule has 132 valence electrons. The van der Waals surface area contributed by atoms with Crippen LogP contribution in [-0.4, -0.2) is 80.3 Å². The lowest BCUT2D eigenvalue weighted by Gasteiger charge is -2.25. The van der Waals surface area contributed by atoms with Gasteiger partial charge in [0.1, 0.15) is 5.78 Å². The fraction of sp³-hybridized carbons (Fsp3) is 0.812. The van der Waals surface area contributed by atoms with Crippen molar-refractivity contribution in [3.63, 3.8) is 0 Å². The SMILES string of the molecule is C[13C](=O)CC[15NH][13C](=O)CCN[13C](=O)[13CH]1[13CH2][13CH2][13CH2][15N]1CCN(C)C. The molecule has 2 N–H and O–H groups in total. The number of carbonyl (C=O) groups is 3. The highest BCUT2D eigenvalue weighted by atomic mass is 16.3. The zero-order chi connectivity index (χ0) is 17.2. The molecule has 0 aromatic rings. The van der Waals surface area contributed by atoms with Gasteiger partial charge in [-0.15, -0.1) is 0 Å². The zero-order valence-electron chi connectivity index (χ0n) is 14.6. The average molecular weight is 335 g/mol. The number of nitrogens with zero attached hydrogens (tertiary/aromatic N) is 2. The van der Waals surface area contributed by atoms with Gasteiger partial charge in [0.25, 0.3) is 0 Å². The summed E-state index contributed by atoms with van der Waals surface area (Å²) in [6.07, 6.45) is 2.51. The molecule has 7 nitrogen and oxygen atoms in total. The van der Waals surface area contributed by atoms with Crippen molar-refractivity contribution in [2.75, 3.05) is 46.8 Å². The van der Waals surface area contributed by atoms with Gasteiger partial charge in [0.15, 0.2) is 0 Å². The molecule has 1 heterocycles. The Kier molecular flexibility index (Phi) is 8.79. The van der Waals surface area contributed by atoms with Crippen LogP contribution in [0.3, 0.4) is 0 Å². The van der Waals surface area contributed by atoms with Crippen LogP contribution in [0.4, 0.5) is 0 Å². The summed E-state index contributed by atoms with van der Waals surface area (Å²) < 4.78 is 0. The van der Waals surface area contributed by atoms with E-state index in [-0.39, 0.29) is 30.1 Å². The van der Waals surface area contributed by atoms with E-state index in [4.69, 9.17) is 0 Å². The summed E-state index contributed by atoms with van der Waals surface area (Å²) in [5.41, 5.74) is 0. The first kappa shape index (κ1) is 19.6. The van der Waals surface area contributed by atoms with E-state index in [2.05, 4.69) is 20.4 Å². The molecule has 1 fully saturated rings. The minimum Gasteiger partial charge on any atom is -0.356 e. The second kappa shape index (κ2) is 10.3. The first-order valence-corrected chi connectivity index (χ1v) is 8.32. The highest BCUT2D eigenvalue weighted by Crippen LogP contribution is 2.16. The van der Waals surface area contributed by atoms with Crippen LogP contribution in [0.25, 0.3) is 0 Å². The van der Waals surface area contributed by atoms with E-state index in [1.165, 1.54) is 6.92 Å². The quantitative estimate of drug-likeness (QED) is 0.420. The van der Waals surface area contributed by atoms with Crippen molar-refractivity contribution in [1.82, 2.24) is 20.4 Å². The number of ketones is 1. The van der Waals surface area contributed by atoms with Crippen molar-refractivity contribution < 1.29 is 14.4 Å². The molecular weight excluding hydrogens is 305 g/mol. The van der Waals surface area contributed by atoms with Gasteiger partial charge in [0, 0.05) is 39.0 Å². The molecule has 7 heteroatoms. The minimum atomic E-state index is -0.137. The molecule has 1 aliphatic heterocycles. The smallest absolute Gasteiger partial charge is 0.237 e. The van der Waals surface area contributed by atoms with Gasteiger partial charge in [-0.05, 0) is 40.4 Å². The van der Waals surface area contributed by atoms with E-state index in [0.717, 1.165) is 32.5 Å². The topological polar surface area (TPSA) is 81.8 Å². The molecule has 1 rings (SSSR count). The van der Waals surface area contributed by atoms with Crippen LogP contribution >= 0.6 is 0 Å². The van der Waals surface area contributed by atoms with Crippen LogP contribution < -0.4 is 10.6 Å². The molecule has 0 bridgehead atoms. The van der Waals surface area contributed by atoms with Crippen LogP contribution in [0.15, 0.2) is 0 Å². The first-order chi connectivity index (χ1) is 10.9. The van der Waals surface area contributed by atoms with Crippen LogP contribution in [0, 0.1) is 0 Å². The minimum absolute atomic E-state index is 0.0118. The van der Waals surface area contributed by atoms with Gasteiger partial charge >= 0.3 is 0 Å². The lowest BCUT2D eigenvalue weighted by atomic mass is 10.5. The second-order valence-electron chi connectivity index (χ2n) is 6.34. The van der Waals surface area contributed by atoms with Crippen molar-refractivity contribution in [1.29, 1.82) is 0 Å². The Hall–Kier alpha value is -1.47. The molecule has 0 aliphatic carbocycles. The standard InChI is InChI=1S/C16H30N4O3/c1-13(21)6-8-17-15(22)7-9-18-16(23)14-5-4-10-20(14)12-11-19(2)3/h14H,4-12H2,1-3H3,(H,17,22)(H,18,23)/i4+1,5+1,10+1,13+1,14+1,15+1,16+1,17+1,20+1. The number of amides is 2. The second-order valence-corrected chi connectivity index (χ2v) is 6.34. The predicted molar refractivity (Wildman–Crippen MR) is 89.1 cm³/mol. The predicted octanol–water partition coefficient (Wildman–Crippen LogP) is -0.386. The molecular formula is C16H30N4O3.